The van der Waals surface area contributed by atoms with Gasteiger partial charge in [0.05, 0.1) is 4.92 Å². The van der Waals surface area contributed by atoms with Gasteiger partial charge in [-0.1, -0.05) is 0 Å². The average Bonchev–Trinajstić information content (AvgIpc) is 2.01. The van der Waals surface area contributed by atoms with Crippen LogP contribution in [-0.4, -0.2) is 15.9 Å². The molecular weight excluding hydrogens is 186 g/mol. The highest BCUT2D eigenvalue weighted by Gasteiger charge is 2.10. The summed E-state index contributed by atoms with van der Waals surface area (Å²) in [6.45, 7) is 1.59. The van der Waals surface area contributed by atoms with Gasteiger partial charge in [-0.15, -0.1) is 0 Å². The molecule has 0 saturated heterocycles. The minimum Gasteiger partial charge on any atom is -0.370 e. The van der Waals surface area contributed by atoms with Gasteiger partial charge < -0.3 is 11.5 Å². The second kappa shape index (κ2) is 3.69. The number of hydrogen-bond acceptors (Lipinski definition) is 4. The minimum atomic E-state index is -0.512. The molecule has 0 aliphatic carbocycles. The van der Waals surface area contributed by atoms with Crippen LogP contribution in [0.5, 0.6) is 0 Å². The van der Waals surface area contributed by atoms with E-state index in [0.717, 1.165) is 6.20 Å². The van der Waals surface area contributed by atoms with E-state index < -0.39 is 4.92 Å². The number of guanidine groups is 1. The third kappa shape index (κ3) is 2.16. The van der Waals surface area contributed by atoms with E-state index in [4.69, 9.17) is 11.5 Å². The number of hydrogen-bond donors (Lipinski definition) is 2. The van der Waals surface area contributed by atoms with Crippen molar-refractivity contribution >= 4 is 17.5 Å². The van der Waals surface area contributed by atoms with Crippen molar-refractivity contribution in [2.24, 2.45) is 16.5 Å². The molecule has 1 aromatic rings. The van der Waals surface area contributed by atoms with Crippen molar-refractivity contribution in [3.63, 3.8) is 0 Å². The summed E-state index contributed by atoms with van der Waals surface area (Å²) >= 11 is 0. The molecule has 7 heteroatoms. The maximum absolute atomic E-state index is 10.4. The van der Waals surface area contributed by atoms with Gasteiger partial charge in [-0.25, -0.2) is 4.98 Å². The van der Waals surface area contributed by atoms with Crippen molar-refractivity contribution in [1.82, 2.24) is 4.98 Å². The van der Waals surface area contributed by atoms with E-state index in [1.165, 1.54) is 6.07 Å². The van der Waals surface area contributed by atoms with E-state index in [1.807, 2.05) is 0 Å². The fourth-order valence-corrected chi connectivity index (χ4v) is 0.918. The van der Waals surface area contributed by atoms with Crippen molar-refractivity contribution in [3.05, 3.63) is 27.9 Å². The minimum absolute atomic E-state index is 0.0560. The molecule has 74 valence electrons. The Bertz CT molecular complexity index is 397. The highest BCUT2D eigenvalue weighted by Crippen LogP contribution is 2.19. The Hall–Kier alpha value is -2.18. The summed E-state index contributed by atoms with van der Waals surface area (Å²) in [7, 11) is 0. The SMILES string of the molecule is Cc1cc(N=C(N)N)ncc1[N+](=O)[O-]. The van der Waals surface area contributed by atoms with Crippen molar-refractivity contribution in [2.45, 2.75) is 6.92 Å². The normalized spacial score (nSPS) is 9.50. The van der Waals surface area contributed by atoms with Crippen LogP contribution in [0.1, 0.15) is 5.56 Å². The Labute approximate surface area is 79.6 Å². The summed E-state index contributed by atoms with van der Waals surface area (Å²) in [4.78, 5) is 17.3. The summed E-state index contributed by atoms with van der Waals surface area (Å²) < 4.78 is 0. The zero-order chi connectivity index (χ0) is 10.7. The monoisotopic (exact) mass is 195 g/mol. The van der Waals surface area contributed by atoms with Gasteiger partial charge >= 0.3 is 0 Å². The van der Waals surface area contributed by atoms with E-state index in [-0.39, 0.29) is 17.5 Å². The summed E-state index contributed by atoms with van der Waals surface area (Å²) in [6, 6.07) is 1.44. The third-order valence-electron chi connectivity index (χ3n) is 1.51. The second-order valence-electron chi connectivity index (χ2n) is 2.62. The van der Waals surface area contributed by atoms with E-state index in [9.17, 15) is 10.1 Å². The van der Waals surface area contributed by atoms with Gasteiger partial charge in [-0.2, -0.15) is 4.99 Å². The van der Waals surface area contributed by atoms with E-state index >= 15 is 0 Å². The van der Waals surface area contributed by atoms with Crippen molar-refractivity contribution in [2.75, 3.05) is 0 Å². The zero-order valence-electron chi connectivity index (χ0n) is 7.47. The lowest BCUT2D eigenvalue weighted by Gasteiger charge is -1.97. The molecular formula is C7H9N5O2. The first-order chi connectivity index (χ1) is 6.50. The van der Waals surface area contributed by atoms with Crippen LogP contribution >= 0.6 is 0 Å². The number of rotatable bonds is 2. The largest absolute Gasteiger partial charge is 0.370 e. The van der Waals surface area contributed by atoms with Crippen LogP contribution in [0.3, 0.4) is 0 Å². The Morgan fingerprint density at radius 3 is 2.71 bits per heavy atom. The van der Waals surface area contributed by atoms with E-state index in [0.29, 0.717) is 5.56 Å². The van der Waals surface area contributed by atoms with E-state index in [1.54, 1.807) is 6.92 Å². The van der Waals surface area contributed by atoms with Gasteiger partial charge in [-0.05, 0) is 13.0 Å². The van der Waals surface area contributed by atoms with Crippen LogP contribution in [0, 0.1) is 17.0 Å². The molecule has 0 spiro atoms. The summed E-state index contributed by atoms with van der Waals surface area (Å²) in [6.07, 6.45) is 1.12. The van der Waals surface area contributed by atoms with Crippen LogP contribution in [0.2, 0.25) is 0 Å². The first-order valence-corrected chi connectivity index (χ1v) is 3.71. The third-order valence-corrected chi connectivity index (χ3v) is 1.51. The van der Waals surface area contributed by atoms with Gasteiger partial charge in [0.15, 0.2) is 11.8 Å². The van der Waals surface area contributed by atoms with Crippen LogP contribution in [0.25, 0.3) is 0 Å². The molecule has 0 atom stereocenters. The van der Waals surface area contributed by atoms with Crippen molar-refractivity contribution in [1.29, 1.82) is 0 Å². The highest BCUT2D eigenvalue weighted by molar-refractivity contribution is 5.78. The molecule has 0 fully saturated rings. The predicted molar refractivity (Wildman–Crippen MR) is 51.1 cm³/mol. The molecule has 0 aliphatic heterocycles. The van der Waals surface area contributed by atoms with Crippen LogP contribution < -0.4 is 11.5 Å². The average molecular weight is 195 g/mol. The number of pyridine rings is 1. The van der Waals surface area contributed by atoms with Gasteiger partial charge in [0.2, 0.25) is 0 Å². The molecule has 0 radical (unpaired) electrons. The highest BCUT2D eigenvalue weighted by atomic mass is 16.6. The predicted octanol–water partition coefficient (Wildman–Crippen LogP) is 0.203. The molecule has 0 bridgehead atoms. The number of aliphatic imine (C=N–C) groups is 1. The number of nitrogens with two attached hydrogens (primary N) is 2. The smallest absolute Gasteiger partial charge is 0.290 e. The van der Waals surface area contributed by atoms with Crippen molar-refractivity contribution < 1.29 is 4.92 Å². The molecule has 14 heavy (non-hydrogen) atoms. The summed E-state index contributed by atoms with van der Waals surface area (Å²) in [5.74, 6) is 0.124. The lowest BCUT2D eigenvalue weighted by atomic mass is 10.2. The Morgan fingerprint density at radius 1 is 1.64 bits per heavy atom. The second-order valence-corrected chi connectivity index (χ2v) is 2.62. The topological polar surface area (TPSA) is 120 Å². The van der Waals surface area contributed by atoms with Gasteiger partial charge in [0.25, 0.3) is 5.69 Å². The van der Waals surface area contributed by atoms with Crippen LogP contribution in [0.15, 0.2) is 17.3 Å². The van der Waals surface area contributed by atoms with Gasteiger partial charge in [0, 0.05) is 5.56 Å². The molecule has 0 saturated carbocycles. The quantitative estimate of drug-likeness (QED) is 0.302. The molecule has 1 rings (SSSR count). The van der Waals surface area contributed by atoms with Gasteiger partial charge in [0.1, 0.15) is 6.20 Å². The first-order valence-electron chi connectivity index (χ1n) is 3.71. The maximum atomic E-state index is 10.4. The molecule has 0 aromatic carbocycles. The molecule has 7 nitrogen and oxygen atoms in total. The lowest BCUT2D eigenvalue weighted by Crippen LogP contribution is -2.22. The molecule has 0 unspecified atom stereocenters. The number of nitro groups is 1. The van der Waals surface area contributed by atoms with Crippen LogP contribution in [-0.2, 0) is 0 Å². The Morgan fingerprint density at radius 2 is 2.29 bits per heavy atom. The summed E-state index contributed by atoms with van der Waals surface area (Å²) in [5, 5.41) is 10.4. The lowest BCUT2D eigenvalue weighted by molar-refractivity contribution is -0.385. The fourth-order valence-electron chi connectivity index (χ4n) is 0.918. The molecule has 0 amide bonds. The standard InChI is InChI=1S/C7H9N5O2/c1-4-2-6(11-7(8)9)10-3-5(4)12(13)14/h2-3H,1H3,(H4,8,9,10,11). The maximum Gasteiger partial charge on any atom is 0.290 e. The molecule has 1 aromatic heterocycles. The first kappa shape index (κ1) is 9.90. The zero-order valence-corrected chi connectivity index (χ0v) is 7.47. The van der Waals surface area contributed by atoms with Gasteiger partial charge in [-0.3, -0.25) is 10.1 Å². The number of aromatic nitrogens is 1. The number of aryl methyl sites for hydroxylation is 1. The molecule has 4 N–H and O–H groups in total. The Kier molecular flexibility index (Phi) is 2.61. The molecule has 1 heterocycles. The Balaban J connectivity index is 3.13. The number of nitrogens with zero attached hydrogens (tertiary/aromatic N) is 3. The van der Waals surface area contributed by atoms with Crippen molar-refractivity contribution in [3.8, 4) is 0 Å². The molecule has 0 aliphatic rings. The van der Waals surface area contributed by atoms with E-state index in [2.05, 4.69) is 9.98 Å². The van der Waals surface area contributed by atoms with Crippen LogP contribution in [0.4, 0.5) is 11.5 Å². The fraction of sp³-hybridized carbons (Fsp3) is 0.143. The summed E-state index contributed by atoms with van der Waals surface area (Å²) in [5.41, 5.74) is 10.7.